The minimum atomic E-state index is 0.780. The van der Waals surface area contributed by atoms with E-state index in [1.807, 2.05) is 6.07 Å². The molecule has 2 nitrogen and oxygen atoms in total. The van der Waals surface area contributed by atoms with E-state index in [9.17, 15) is 0 Å². The van der Waals surface area contributed by atoms with Crippen LogP contribution in [0.4, 0.5) is 5.69 Å². The van der Waals surface area contributed by atoms with E-state index in [0.29, 0.717) is 0 Å². The zero-order valence-corrected chi connectivity index (χ0v) is 12.4. The Kier molecular flexibility index (Phi) is 3.99. The molecule has 2 aliphatic carbocycles. The van der Waals surface area contributed by atoms with Crippen LogP contribution in [0.5, 0.6) is 0 Å². The molecule has 1 N–H and O–H groups in total. The van der Waals surface area contributed by atoms with Crippen LogP contribution in [0.2, 0.25) is 5.02 Å². The molecule has 2 aliphatic rings. The predicted molar refractivity (Wildman–Crippen MR) is 81.9 cm³/mol. The van der Waals surface area contributed by atoms with Gasteiger partial charge in [-0.05, 0) is 61.9 Å². The van der Waals surface area contributed by atoms with Gasteiger partial charge in [0.1, 0.15) is 0 Å². The van der Waals surface area contributed by atoms with Gasteiger partial charge in [-0.1, -0.05) is 18.5 Å². The third-order valence-corrected chi connectivity index (χ3v) is 4.29. The van der Waals surface area contributed by atoms with Crippen LogP contribution in [0.15, 0.2) is 18.2 Å². The van der Waals surface area contributed by atoms with Gasteiger partial charge in [-0.15, -0.1) is 0 Å². The van der Waals surface area contributed by atoms with Crippen molar-refractivity contribution in [3.8, 4) is 0 Å². The Bertz CT molecular complexity index is 438. The van der Waals surface area contributed by atoms with Gasteiger partial charge in [0, 0.05) is 29.8 Å². The molecule has 0 saturated heterocycles. The smallest absolute Gasteiger partial charge is 0.0415 e. The summed E-state index contributed by atoms with van der Waals surface area (Å²) in [4.78, 5) is 2.64. The summed E-state index contributed by atoms with van der Waals surface area (Å²) in [5.41, 5.74) is 2.75. The van der Waals surface area contributed by atoms with Crippen molar-refractivity contribution in [2.75, 3.05) is 18.0 Å². The number of hydrogen-bond acceptors (Lipinski definition) is 2. The molecule has 0 radical (unpaired) electrons. The second kappa shape index (κ2) is 5.72. The second-order valence-corrected chi connectivity index (χ2v) is 6.32. The zero-order valence-electron chi connectivity index (χ0n) is 11.7. The fourth-order valence-corrected chi connectivity index (χ4v) is 2.84. The third kappa shape index (κ3) is 3.43. The predicted octanol–water partition coefficient (Wildman–Crippen LogP) is 3.83. The lowest BCUT2D eigenvalue weighted by atomic mass is 10.1. The molecule has 0 unspecified atom stereocenters. The number of anilines is 1. The summed E-state index contributed by atoms with van der Waals surface area (Å²) in [6.45, 7) is 5.30. The first-order chi connectivity index (χ1) is 9.28. The van der Waals surface area contributed by atoms with Crippen LogP contribution in [-0.4, -0.2) is 19.1 Å². The summed E-state index contributed by atoms with van der Waals surface area (Å²) in [7, 11) is 0. The average molecular weight is 279 g/mol. The fourth-order valence-electron chi connectivity index (χ4n) is 2.64. The van der Waals surface area contributed by atoms with Crippen molar-refractivity contribution in [2.45, 2.75) is 45.2 Å². The highest BCUT2D eigenvalue weighted by molar-refractivity contribution is 6.30. The first-order valence-electron chi connectivity index (χ1n) is 7.53. The van der Waals surface area contributed by atoms with Gasteiger partial charge in [-0.25, -0.2) is 0 Å². The van der Waals surface area contributed by atoms with Crippen LogP contribution < -0.4 is 10.2 Å². The quantitative estimate of drug-likeness (QED) is 0.815. The maximum Gasteiger partial charge on any atom is 0.0415 e. The van der Waals surface area contributed by atoms with E-state index >= 15 is 0 Å². The van der Waals surface area contributed by atoms with Crippen LogP contribution >= 0.6 is 11.6 Å². The lowest BCUT2D eigenvalue weighted by Crippen LogP contribution is -2.29. The number of halogens is 1. The van der Waals surface area contributed by atoms with Crippen LogP contribution in [0.25, 0.3) is 0 Å². The lowest BCUT2D eigenvalue weighted by molar-refractivity contribution is 0.694. The first-order valence-corrected chi connectivity index (χ1v) is 7.91. The largest absolute Gasteiger partial charge is 0.368 e. The molecular weight excluding hydrogens is 256 g/mol. The van der Waals surface area contributed by atoms with E-state index in [2.05, 4.69) is 29.3 Å². The van der Waals surface area contributed by atoms with Gasteiger partial charge in [0.2, 0.25) is 0 Å². The number of benzene rings is 1. The third-order valence-electron chi connectivity index (χ3n) is 4.06. The SMILES string of the molecule is CCNCc1cc(Cl)ccc1N(CC1CC1)C1CC1. The molecule has 0 atom stereocenters. The maximum atomic E-state index is 6.17. The molecule has 0 aromatic heterocycles. The molecule has 104 valence electrons. The van der Waals surface area contributed by atoms with Crippen LogP contribution in [0, 0.1) is 5.92 Å². The number of nitrogens with zero attached hydrogens (tertiary/aromatic N) is 1. The molecule has 0 amide bonds. The lowest BCUT2D eigenvalue weighted by Gasteiger charge is -2.27. The summed E-state index contributed by atoms with van der Waals surface area (Å²) in [6, 6.07) is 7.16. The van der Waals surface area contributed by atoms with Crippen LogP contribution in [-0.2, 0) is 6.54 Å². The van der Waals surface area contributed by atoms with Gasteiger partial charge in [0.05, 0.1) is 0 Å². The first kappa shape index (κ1) is 13.3. The minimum absolute atomic E-state index is 0.780. The Morgan fingerprint density at radius 1 is 1.26 bits per heavy atom. The van der Waals surface area contributed by atoms with Gasteiger partial charge in [-0.2, -0.15) is 0 Å². The highest BCUT2D eigenvalue weighted by Crippen LogP contribution is 2.39. The molecule has 3 rings (SSSR count). The highest BCUT2D eigenvalue weighted by Gasteiger charge is 2.34. The van der Waals surface area contributed by atoms with Crippen LogP contribution in [0.3, 0.4) is 0 Å². The topological polar surface area (TPSA) is 15.3 Å². The Morgan fingerprint density at radius 3 is 2.68 bits per heavy atom. The molecule has 2 fully saturated rings. The van der Waals surface area contributed by atoms with Crippen LogP contribution in [0.1, 0.15) is 38.2 Å². The molecule has 0 aliphatic heterocycles. The van der Waals surface area contributed by atoms with Crippen molar-refractivity contribution >= 4 is 17.3 Å². The molecule has 1 aromatic carbocycles. The molecule has 3 heteroatoms. The molecule has 19 heavy (non-hydrogen) atoms. The van der Waals surface area contributed by atoms with E-state index in [1.165, 1.54) is 43.5 Å². The number of rotatable bonds is 7. The molecule has 1 aromatic rings. The second-order valence-electron chi connectivity index (χ2n) is 5.88. The molecule has 0 heterocycles. The Labute approximate surface area is 121 Å². The average Bonchev–Trinajstić information content (AvgIpc) is 3.27. The summed E-state index contributed by atoms with van der Waals surface area (Å²) in [6.07, 6.45) is 5.55. The van der Waals surface area contributed by atoms with E-state index in [-0.39, 0.29) is 0 Å². The van der Waals surface area contributed by atoms with Gasteiger partial charge < -0.3 is 10.2 Å². The maximum absolute atomic E-state index is 6.17. The zero-order chi connectivity index (χ0) is 13.2. The van der Waals surface area contributed by atoms with Gasteiger partial charge in [-0.3, -0.25) is 0 Å². The summed E-state index contributed by atoms with van der Waals surface area (Å²) in [5, 5.41) is 4.28. The summed E-state index contributed by atoms with van der Waals surface area (Å²) >= 11 is 6.17. The van der Waals surface area contributed by atoms with Gasteiger partial charge in [0.15, 0.2) is 0 Å². The van der Waals surface area contributed by atoms with E-state index in [4.69, 9.17) is 11.6 Å². The van der Waals surface area contributed by atoms with Gasteiger partial charge in [0.25, 0.3) is 0 Å². The van der Waals surface area contributed by atoms with Crippen molar-refractivity contribution in [1.82, 2.24) is 5.32 Å². The Hall–Kier alpha value is -0.730. The van der Waals surface area contributed by atoms with Crippen molar-refractivity contribution in [3.05, 3.63) is 28.8 Å². The van der Waals surface area contributed by atoms with Crippen molar-refractivity contribution in [1.29, 1.82) is 0 Å². The minimum Gasteiger partial charge on any atom is -0.368 e. The normalized spacial score (nSPS) is 18.6. The van der Waals surface area contributed by atoms with Crippen molar-refractivity contribution in [3.63, 3.8) is 0 Å². The van der Waals surface area contributed by atoms with Crippen molar-refractivity contribution < 1.29 is 0 Å². The van der Waals surface area contributed by atoms with Gasteiger partial charge >= 0.3 is 0 Å². The molecule has 0 bridgehead atoms. The summed E-state index contributed by atoms with van der Waals surface area (Å²) < 4.78 is 0. The fraction of sp³-hybridized carbons (Fsp3) is 0.625. The van der Waals surface area contributed by atoms with E-state index < -0.39 is 0 Å². The number of nitrogens with one attached hydrogen (secondary N) is 1. The Morgan fingerprint density at radius 2 is 2.05 bits per heavy atom. The highest BCUT2D eigenvalue weighted by atomic mass is 35.5. The Balaban J connectivity index is 1.82. The van der Waals surface area contributed by atoms with Crippen molar-refractivity contribution in [2.24, 2.45) is 5.92 Å². The molecule has 2 saturated carbocycles. The monoisotopic (exact) mass is 278 g/mol. The van der Waals surface area contributed by atoms with E-state index in [1.54, 1.807) is 0 Å². The summed E-state index contributed by atoms with van der Waals surface area (Å²) in [5.74, 6) is 0.934. The molecular formula is C16H23ClN2. The standard InChI is InChI=1S/C16H23ClN2/c1-2-18-10-13-9-14(17)5-8-16(13)19(15-6-7-15)11-12-3-4-12/h5,8-9,12,15,18H,2-4,6-7,10-11H2,1H3. The molecule has 0 spiro atoms. The van der Waals surface area contributed by atoms with E-state index in [0.717, 1.165) is 30.1 Å². The number of hydrogen-bond donors (Lipinski definition) is 1.